The third kappa shape index (κ3) is 5.21. The fourth-order valence-electron chi connectivity index (χ4n) is 4.78. The van der Waals surface area contributed by atoms with E-state index in [0.717, 1.165) is 31.6 Å². The number of anilines is 1. The van der Waals surface area contributed by atoms with Gasteiger partial charge in [-0.25, -0.2) is 0 Å². The standard InChI is InChI=1S/C26H35NO4/c1-6-24(28)27(21-12-13-22(29-4)23(18-21)30-5)16-14-26(20-10-8-7-9-11-20)15-17-31-25(2,3)19-26/h7-13,18H,6,14-17,19H2,1-5H3. The maximum absolute atomic E-state index is 12.9. The number of hydrogen-bond acceptors (Lipinski definition) is 4. The number of rotatable bonds is 8. The highest BCUT2D eigenvalue weighted by Crippen LogP contribution is 2.44. The Bertz CT molecular complexity index is 880. The van der Waals surface area contributed by atoms with Crippen molar-refractivity contribution < 1.29 is 19.0 Å². The third-order valence-electron chi connectivity index (χ3n) is 6.32. The van der Waals surface area contributed by atoms with Crippen molar-refractivity contribution in [3.8, 4) is 11.5 Å². The molecule has 31 heavy (non-hydrogen) atoms. The molecule has 2 aromatic rings. The number of amides is 1. The molecule has 0 spiro atoms. The van der Waals surface area contributed by atoms with Crippen LogP contribution < -0.4 is 14.4 Å². The van der Waals surface area contributed by atoms with Gasteiger partial charge in [0.1, 0.15) is 0 Å². The Morgan fingerprint density at radius 3 is 2.39 bits per heavy atom. The average Bonchev–Trinajstić information content (AvgIpc) is 2.78. The molecule has 0 radical (unpaired) electrons. The van der Waals surface area contributed by atoms with Crippen LogP contribution in [0.4, 0.5) is 5.69 Å². The number of nitrogens with zero attached hydrogens (tertiary/aromatic N) is 1. The second-order valence-electron chi connectivity index (χ2n) is 8.87. The number of ether oxygens (including phenoxy) is 3. The number of methoxy groups -OCH3 is 2. The normalized spacial score (nSPS) is 20.2. The summed E-state index contributed by atoms with van der Waals surface area (Å²) >= 11 is 0. The van der Waals surface area contributed by atoms with Crippen LogP contribution in [-0.4, -0.2) is 38.9 Å². The molecule has 5 heteroatoms. The Morgan fingerprint density at radius 1 is 1.06 bits per heavy atom. The topological polar surface area (TPSA) is 48.0 Å². The van der Waals surface area contributed by atoms with Crippen LogP contribution >= 0.6 is 0 Å². The Hall–Kier alpha value is -2.53. The van der Waals surface area contributed by atoms with Gasteiger partial charge in [0.25, 0.3) is 0 Å². The molecule has 0 aromatic heterocycles. The molecule has 1 aliphatic heterocycles. The van der Waals surface area contributed by atoms with E-state index in [2.05, 4.69) is 44.2 Å². The molecule has 0 saturated carbocycles. The van der Waals surface area contributed by atoms with Crippen LogP contribution in [0.25, 0.3) is 0 Å². The fourth-order valence-corrected chi connectivity index (χ4v) is 4.78. The van der Waals surface area contributed by atoms with Crippen molar-refractivity contribution >= 4 is 11.6 Å². The van der Waals surface area contributed by atoms with Crippen molar-refractivity contribution in [2.45, 2.75) is 57.5 Å². The van der Waals surface area contributed by atoms with E-state index in [1.54, 1.807) is 14.2 Å². The Balaban J connectivity index is 1.92. The molecule has 2 aromatic carbocycles. The SMILES string of the molecule is CCC(=O)N(CCC1(c2ccccc2)CCOC(C)(C)C1)c1ccc(OC)c(OC)c1. The van der Waals surface area contributed by atoms with Crippen molar-refractivity contribution in [2.24, 2.45) is 0 Å². The lowest BCUT2D eigenvalue weighted by Gasteiger charge is -2.46. The molecule has 0 bridgehead atoms. The van der Waals surface area contributed by atoms with Crippen molar-refractivity contribution in [3.63, 3.8) is 0 Å². The monoisotopic (exact) mass is 425 g/mol. The van der Waals surface area contributed by atoms with Crippen LogP contribution in [0.5, 0.6) is 11.5 Å². The van der Waals surface area contributed by atoms with E-state index < -0.39 is 0 Å². The molecule has 1 amide bonds. The first-order chi connectivity index (χ1) is 14.8. The first kappa shape index (κ1) is 23.1. The van der Waals surface area contributed by atoms with Crippen LogP contribution in [-0.2, 0) is 14.9 Å². The molecular weight excluding hydrogens is 390 g/mol. The number of hydrogen-bond donors (Lipinski definition) is 0. The maximum Gasteiger partial charge on any atom is 0.226 e. The summed E-state index contributed by atoms with van der Waals surface area (Å²) in [7, 11) is 3.23. The zero-order valence-electron chi connectivity index (χ0n) is 19.4. The summed E-state index contributed by atoms with van der Waals surface area (Å²) < 4.78 is 16.9. The molecular formula is C26H35NO4. The van der Waals surface area contributed by atoms with Crippen LogP contribution in [0.1, 0.15) is 52.0 Å². The zero-order valence-corrected chi connectivity index (χ0v) is 19.4. The van der Waals surface area contributed by atoms with E-state index in [-0.39, 0.29) is 16.9 Å². The molecule has 3 rings (SSSR count). The summed E-state index contributed by atoms with van der Waals surface area (Å²) in [5, 5.41) is 0. The second kappa shape index (κ2) is 9.73. The summed E-state index contributed by atoms with van der Waals surface area (Å²) in [6, 6.07) is 16.3. The maximum atomic E-state index is 12.9. The molecule has 1 heterocycles. The molecule has 0 aliphatic carbocycles. The second-order valence-corrected chi connectivity index (χ2v) is 8.87. The van der Waals surface area contributed by atoms with Gasteiger partial charge in [-0.2, -0.15) is 0 Å². The van der Waals surface area contributed by atoms with Gasteiger partial charge in [0.15, 0.2) is 11.5 Å². The lowest BCUT2D eigenvalue weighted by molar-refractivity contribution is -0.118. The van der Waals surface area contributed by atoms with E-state index in [0.29, 0.717) is 24.5 Å². The molecule has 168 valence electrons. The van der Waals surface area contributed by atoms with Crippen LogP contribution in [0.2, 0.25) is 0 Å². The molecule has 1 unspecified atom stereocenters. The van der Waals surface area contributed by atoms with Gasteiger partial charge < -0.3 is 19.1 Å². The summed E-state index contributed by atoms with van der Waals surface area (Å²) in [4.78, 5) is 14.8. The van der Waals surface area contributed by atoms with Gasteiger partial charge >= 0.3 is 0 Å². The first-order valence-electron chi connectivity index (χ1n) is 11.1. The van der Waals surface area contributed by atoms with Crippen LogP contribution in [0.3, 0.4) is 0 Å². The summed E-state index contributed by atoms with van der Waals surface area (Å²) in [5.74, 6) is 1.38. The van der Waals surface area contributed by atoms with E-state index in [9.17, 15) is 4.79 Å². The lowest BCUT2D eigenvalue weighted by atomic mass is 9.67. The summed E-state index contributed by atoms with van der Waals surface area (Å²) in [5.41, 5.74) is 1.92. The molecule has 1 atom stereocenters. The quantitative estimate of drug-likeness (QED) is 0.571. The molecule has 1 aliphatic rings. The minimum Gasteiger partial charge on any atom is -0.493 e. The summed E-state index contributed by atoms with van der Waals surface area (Å²) in [6.45, 7) is 7.58. The van der Waals surface area contributed by atoms with Crippen molar-refractivity contribution in [2.75, 3.05) is 32.3 Å². The zero-order chi connectivity index (χ0) is 22.5. The average molecular weight is 426 g/mol. The number of carbonyl (C=O) groups is 1. The van der Waals surface area contributed by atoms with E-state index in [1.165, 1.54) is 5.56 Å². The highest BCUT2D eigenvalue weighted by molar-refractivity contribution is 5.93. The van der Waals surface area contributed by atoms with Crippen molar-refractivity contribution in [1.82, 2.24) is 0 Å². The minimum atomic E-state index is -0.197. The Morgan fingerprint density at radius 2 is 1.77 bits per heavy atom. The smallest absolute Gasteiger partial charge is 0.226 e. The predicted molar refractivity (Wildman–Crippen MR) is 124 cm³/mol. The highest BCUT2D eigenvalue weighted by Gasteiger charge is 2.42. The molecule has 5 nitrogen and oxygen atoms in total. The largest absolute Gasteiger partial charge is 0.493 e. The van der Waals surface area contributed by atoms with E-state index in [4.69, 9.17) is 14.2 Å². The highest BCUT2D eigenvalue weighted by atomic mass is 16.5. The minimum absolute atomic E-state index is 0.0359. The van der Waals surface area contributed by atoms with E-state index >= 15 is 0 Å². The molecule has 1 saturated heterocycles. The fraction of sp³-hybridized carbons (Fsp3) is 0.500. The van der Waals surface area contributed by atoms with E-state index in [1.807, 2.05) is 30.0 Å². The predicted octanol–water partition coefficient (Wildman–Crippen LogP) is 5.36. The third-order valence-corrected chi connectivity index (χ3v) is 6.32. The first-order valence-corrected chi connectivity index (χ1v) is 11.1. The van der Waals surface area contributed by atoms with Gasteiger partial charge in [-0.05, 0) is 50.8 Å². The van der Waals surface area contributed by atoms with Gasteiger partial charge in [-0.1, -0.05) is 37.3 Å². The van der Waals surface area contributed by atoms with Gasteiger partial charge in [0.05, 0.1) is 19.8 Å². The Kier molecular flexibility index (Phi) is 7.26. The van der Waals surface area contributed by atoms with Gasteiger partial charge in [0, 0.05) is 36.7 Å². The number of benzene rings is 2. The van der Waals surface area contributed by atoms with Gasteiger partial charge in [-0.3, -0.25) is 4.79 Å². The Labute approximate surface area is 186 Å². The van der Waals surface area contributed by atoms with Crippen LogP contribution in [0.15, 0.2) is 48.5 Å². The van der Waals surface area contributed by atoms with Crippen LogP contribution in [0, 0.1) is 0 Å². The molecule has 1 fully saturated rings. The van der Waals surface area contributed by atoms with Crippen molar-refractivity contribution in [1.29, 1.82) is 0 Å². The summed E-state index contributed by atoms with van der Waals surface area (Å²) in [6.07, 6.45) is 3.18. The van der Waals surface area contributed by atoms with Gasteiger partial charge in [0.2, 0.25) is 5.91 Å². The molecule has 0 N–H and O–H groups in total. The van der Waals surface area contributed by atoms with Crippen molar-refractivity contribution in [3.05, 3.63) is 54.1 Å². The van der Waals surface area contributed by atoms with Gasteiger partial charge in [-0.15, -0.1) is 0 Å². The lowest BCUT2D eigenvalue weighted by Crippen LogP contribution is -2.46. The number of carbonyl (C=O) groups excluding carboxylic acids is 1.